The fourth-order valence-electron chi connectivity index (χ4n) is 2.25. The van der Waals surface area contributed by atoms with Crippen LogP contribution in [0.1, 0.15) is 13.8 Å². The highest BCUT2D eigenvalue weighted by atomic mass is 16.5. The van der Waals surface area contributed by atoms with Gasteiger partial charge in [-0.1, -0.05) is 0 Å². The molecule has 0 aliphatic carbocycles. The highest BCUT2D eigenvalue weighted by Crippen LogP contribution is 2.20. The number of anilines is 1. The van der Waals surface area contributed by atoms with Crippen LogP contribution in [0.3, 0.4) is 0 Å². The van der Waals surface area contributed by atoms with Crippen molar-refractivity contribution in [2.75, 3.05) is 31.1 Å². The van der Waals surface area contributed by atoms with Crippen molar-refractivity contribution in [3.8, 4) is 5.75 Å². The lowest BCUT2D eigenvalue weighted by atomic mass is 10.2. The van der Waals surface area contributed by atoms with Gasteiger partial charge in [0.05, 0.1) is 0 Å². The maximum Gasteiger partial charge on any atom is 0.122 e. The fourth-order valence-corrected chi connectivity index (χ4v) is 2.25. The summed E-state index contributed by atoms with van der Waals surface area (Å²) < 4.78 is 4.93. The topological polar surface area (TPSA) is 15.7 Å². The van der Waals surface area contributed by atoms with Crippen LogP contribution < -0.4 is 9.64 Å². The van der Waals surface area contributed by atoms with Gasteiger partial charge in [0.25, 0.3) is 0 Å². The third-order valence-corrected chi connectivity index (χ3v) is 3.41. The summed E-state index contributed by atoms with van der Waals surface area (Å²) in [6.07, 6.45) is 0. The Kier molecular flexibility index (Phi) is 3.89. The predicted octanol–water partition coefficient (Wildman–Crippen LogP) is 2.39. The zero-order chi connectivity index (χ0) is 12.3. The molecule has 1 aromatic carbocycles. The quantitative estimate of drug-likeness (QED) is 0.797. The van der Waals surface area contributed by atoms with Gasteiger partial charge >= 0.3 is 0 Å². The molecule has 1 aliphatic rings. The molecule has 93 valence electrons. The minimum Gasteiger partial charge on any atom is -0.490 e. The highest BCUT2D eigenvalue weighted by molar-refractivity contribution is 5.49. The maximum absolute atomic E-state index is 4.93. The lowest BCUT2D eigenvalue weighted by Crippen LogP contribution is -2.48. The summed E-state index contributed by atoms with van der Waals surface area (Å²) >= 11 is 0. The molecule has 0 amide bonds. The van der Waals surface area contributed by atoms with E-state index in [0.717, 1.165) is 31.9 Å². The molecule has 1 saturated heterocycles. The molecule has 2 rings (SSSR count). The first-order chi connectivity index (χ1) is 8.20. The molecule has 3 heteroatoms. The first-order valence-electron chi connectivity index (χ1n) is 6.22. The lowest BCUT2D eigenvalue weighted by molar-refractivity contribution is 0.209. The maximum atomic E-state index is 4.93. The Morgan fingerprint density at radius 1 is 1.06 bits per heavy atom. The molecule has 0 saturated carbocycles. The van der Waals surface area contributed by atoms with E-state index >= 15 is 0 Å². The van der Waals surface area contributed by atoms with Gasteiger partial charge in [-0.2, -0.15) is 0 Å². The van der Waals surface area contributed by atoms with Crippen LogP contribution >= 0.6 is 0 Å². The molecule has 1 radical (unpaired) electrons. The number of piperazine rings is 1. The number of benzene rings is 1. The second-order valence-corrected chi connectivity index (χ2v) is 4.76. The molecule has 0 atom stereocenters. The smallest absolute Gasteiger partial charge is 0.122 e. The molecule has 0 unspecified atom stereocenters. The van der Waals surface area contributed by atoms with E-state index in [1.54, 1.807) is 0 Å². The van der Waals surface area contributed by atoms with Gasteiger partial charge in [-0.25, -0.2) is 0 Å². The van der Waals surface area contributed by atoms with Crippen molar-refractivity contribution >= 4 is 5.69 Å². The average molecular weight is 233 g/mol. The molecule has 1 heterocycles. The largest absolute Gasteiger partial charge is 0.490 e. The number of hydrogen-bond donors (Lipinski definition) is 0. The summed E-state index contributed by atoms with van der Waals surface area (Å²) in [4.78, 5) is 4.94. The van der Waals surface area contributed by atoms with Crippen LogP contribution in [-0.2, 0) is 0 Å². The zero-order valence-electron chi connectivity index (χ0n) is 10.7. The summed E-state index contributed by atoms with van der Waals surface area (Å²) in [6, 6.07) is 8.80. The van der Waals surface area contributed by atoms with E-state index in [1.807, 2.05) is 12.1 Å². The van der Waals surface area contributed by atoms with Gasteiger partial charge in [0.1, 0.15) is 12.9 Å². The molecule has 0 bridgehead atoms. The third-order valence-electron chi connectivity index (χ3n) is 3.41. The van der Waals surface area contributed by atoms with Crippen LogP contribution in [0, 0.1) is 7.11 Å². The minimum absolute atomic E-state index is 0.652. The van der Waals surface area contributed by atoms with Gasteiger partial charge in [0.15, 0.2) is 0 Å². The van der Waals surface area contributed by atoms with Crippen LogP contribution in [0.2, 0.25) is 0 Å². The van der Waals surface area contributed by atoms with E-state index < -0.39 is 0 Å². The summed E-state index contributed by atoms with van der Waals surface area (Å²) in [7, 11) is 3.41. The van der Waals surface area contributed by atoms with E-state index in [0.29, 0.717) is 6.04 Å². The monoisotopic (exact) mass is 233 g/mol. The third kappa shape index (κ3) is 2.91. The van der Waals surface area contributed by atoms with Gasteiger partial charge in [0, 0.05) is 37.9 Å². The van der Waals surface area contributed by atoms with E-state index in [9.17, 15) is 0 Å². The molecule has 1 fully saturated rings. The Labute approximate surface area is 104 Å². The number of nitrogens with zero attached hydrogens (tertiary/aromatic N) is 2. The second kappa shape index (κ2) is 5.41. The molecule has 1 aliphatic heterocycles. The Bertz CT molecular complexity index is 340. The van der Waals surface area contributed by atoms with Crippen molar-refractivity contribution in [3.63, 3.8) is 0 Å². The van der Waals surface area contributed by atoms with Gasteiger partial charge in [0.2, 0.25) is 0 Å². The number of ether oxygens (including phenoxy) is 1. The first-order valence-corrected chi connectivity index (χ1v) is 6.22. The Balaban J connectivity index is 1.95. The molecular formula is C14H21N2O. The molecular weight excluding hydrogens is 212 g/mol. The van der Waals surface area contributed by atoms with Gasteiger partial charge in [-0.05, 0) is 38.1 Å². The summed E-state index contributed by atoms with van der Waals surface area (Å²) in [5, 5.41) is 0. The van der Waals surface area contributed by atoms with E-state index in [4.69, 9.17) is 4.74 Å². The summed E-state index contributed by atoms with van der Waals surface area (Å²) in [5.41, 5.74) is 1.27. The molecule has 0 N–H and O–H groups in total. The van der Waals surface area contributed by atoms with Crippen LogP contribution in [0.15, 0.2) is 24.3 Å². The summed E-state index contributed by atoms with van der Waals surface area (Å²) in [5.74, 6) is 0.814. The molecule has 1 aromatic rings. The normalized spacial score (nSPS) is 17.5. The molecule has 3 nitrogen and oxygen atoms in total. The average Bonchev–Trinajstić information content (AvgIpc) is 2.39. The zero-order valence-corrected chi connectivity index (χ0v) is 10.7. The van der Waals surface area contributed by atoms with Crippen LogP contribution in [0.25, 0.3) is 0 Å². The minimum atomic E-state index is 0.652. The number of rotatable bonds is 3. The Hall–Kier alpha value is -1.22. The Morgan fingerprint density at radius 3 is 2.12 bits per heavy atom. The van der Waals surface area contributed by atoms with Crippen molar-refractivity contribution < 1.29 is 4.74 Å². The predicted molar refractivity (Wildman–Crippen MR) is 71.3 cm³/mol. The van der Waals surface area contributed by atoms with Crippen molar-refractivity contribution in [1.29, 1.82) is 0 Å². The standard InChI is InChI=1S/C14H21N2O/c1-12(2)15-8-10-16(11-9-15)13-4-6-14(17-3)7-5-13/h4-7,12H,3,8-11H2,1-2H3. The number of hydrogen-bond acceptors (Lipinski definition) is 3. The first kappa shape index (κ1) is 12.2. The van der Waals surface area contributed by atoms with E-state index in [2.05, 4.69) is 42.9 Å². The van der Waals surface area contributed by atoms with Crippen LogP contribution in [-0.4, -0.2) is 37.1 Å². The Morgan fingerprint density at radius 2 is 1.65 bits per heavy atom. The molecule has 17 heavy (non-hydrogen) atoms. The second-order valence-electron chi connectivity index (χ2n) is 4.76. The SMILES string of the molecule is [CH2]Oc1ccc(N2CCN(C(C)C)CC2)cc1. The lowest BCUT2D eigenvalue weighted by Gasteiger charge is -2.38. The van der Waals surface area contributed by atoms with Crippen molar-refractivity contribution in [1.82, 2.24) is 4.90 Å². The van der Waals surface area contributed by atoms with Crippen molar-refractivity contribution in [2.45, 2.75) is 19.9 Å². The van der Waals surface area contributed by atoms with Crippen molar-refractivity contribution in [2.24, 2.45) is 0 Å². The summed E-state index contributed by atoms with van der Waals surface area (Å²) in [6.45, 7) is 9.01. The van der Waals surface area contributed by atoms with Crippen LogP contribution in [0.4, 0.5) is 5.69 Å². The highest BCUT2D eigenvalue weighted by Gasteiger charge is 2.18. The van der Waals surface area contributed by atoms with E-state index in [1.165, 1.54) is 5.69 Å². The van der Waals surface area contributed by atoms with Gasteiger partial charge in [-0.15, -0.1) is 0 Å². The van der Waals surface area contributed by atoms with Gasteiger partial charge < -0.3 is 9.64 Å². The molecule has 0 spiro atoms. The van der Waals surface area contributed by atoms with E-state index in [-0.39, 0.29) is 0 Å². The van der Waals surface area contributed by atoms with Gasteiger partial charge in [-0.3, -0.25) is 4.90 Å². The van der Waals surface area contributed by atoms with Crippen LogP contribution in [0.5, 0.6) is 5.75 Å². The molecule has 0 aromatic heterocycles. The van der Waals surface area contributed by atoms with Crippen molar-refractivity contribution in [3.05, 3.63) is 31.4 Å². The fraction of sp³-hybridized carbons (Fsp3) is 0.500.